The SMILES string of the molecule is COc1ccc(NC(=O)C[C@@H](C)n2ccc(C)n2)c(OC)c1. The number of nitrogens with one attached hydrogen (secondary N) is 1. The van der Waals surface area contributed by atoms with Gasteiger partial charge in [0, 0.05) is 18.7 Å². The van der Waals surface area contributed by atoms with E-state index in [1.165, 1.54) is 0 Å². The molecular formula is C16H21N3O3. The molecule has 0 saturated carbocycles. The van der Waals surface area contributed by atoms with Crippen LogP contribution in [0.4, 0.5) is 5.69 Å². The van der Waals surface area contributed by atoms with Crippen LogP contribution in [-0.2, 0) is 4.79 Å². The summed E-state index contributed by atoms with van der Waals surface area (Å²) in [5.41, 5.74) is 1.56. The van der Waals surface area contributed by atoms with Gasteiger partial charge in [-0.15, -0.1) is 0 Å². The van der Waals surface area contributed by atoms with Gasteiger partial charge in [-0.25, -0.2) is 0 Å². The highest BCUT2D eigenvalue weighted by molar-refractivity contribution is 5.92. The maximum absolute atomic E-state index is 12.2. The number of methoxy groups -OCH3 is 2. The average molecular weight is 303 g/mol. The zero-order valence-electron chi connectivity index (χ0n) is 13.3. The van der Waals surface area contributed by atoms with E-state index in [1.807, 2.05) is 26.1 Å². The number of hydrogen-bond donors (Lipinski definition) is 1. The van der Waals surface area contributed by atoms with Gasteiger partial charge in [-0.2, -0.15) is 5.10 Å². The number of hydrogen-bond acceptors (Lipinski definition) is 4. The van der Waals surface area contributed by atoms with Gasteiger partial charge in [0.2, 0.25) is 5.91 Å². The third kappa shape index (κ3) is 3.78. The van der Waals surface area contributed by atoms with Crippen molar-refractivity contribution in [3.8, 4) is 11.5 Å². The molecule has 0 fully saturated rings. The van der Waals surface area contributed by atoms with Crippen molar-refractivity contribution in [1.82, 2.24) is 9.78 Å². The third-order valence-electron chi connectivity index (χ3n) is 3.36. The van der Waals surface area contributed by atoms with Crippen molar-refractivity contribution in [2.75, 3.05) is 19.5 Å². The molecule has 1 amide bonds. The van der Waals surface area contributed by atoms with Crippen molar-refractivity contribution in [3.63, 3.8) is 0 Å². The van der Waals surface area contributed by atoms with Gasteiger partial charge in [0.1, 0.15) is 11.5 Å². The Bertz CT molecular complexity index is 652. The van der Waals surface area contributed by atoms with Crippen LogP contribution in [0.15, 0.2) is 30.5 Å². The van der Waals surface area contributed by atoms with Crippen LogP contribution in [0.3, 0.4) is 0 Å². The minimum absolute atomic E-state index is 0.0158. The van der Waals surface area contributed by atoms with Crippen LogP contribution >= 0.6 is 0 Å². The fraction of sp³-hybridized carbons (Fsp3) is 0.375. The molecular weight excluding hydrogens is 282 g/mol. The lowest BCUT2D eigenvalue weighted by molar-refractivity contribution is -0.116. The zero-order chi connectivity index (χ0) is 16.1. The normalized spacial score (nSPS) is 11.8. The summed E-state index contributed by atoms with van der Waals surface area (Å²) in [6, 6.07) is 7.17. The Kier molecular flexibility index (Phi) is 5.04. The highest BCUT2D eigenvalue weighted by Crippen LogP contribution is 2.29. The topological polar surface area (TPSA) is 65.4 Å². The van der Waals surface area contributed by atoms with E-state index in [9.17, 15) is 4.79 Å². The lowest BCUT2D eigenvalue weighted by Gasteiger charge is -2.14. The second-order valence-corrected chi connectivity index (χ2v) is 5.10. The smallest absolute Gasteiger partial charge is 0.226 e. The molecule has 0 aliphatic rings. The van der Waals surface area contributed by atoms with E-state index in [4.69, 9.17) is 9.47 Å². The average Bonchev–Trinajstić information content (AvgIpc) is 2.94. The van der Waals surface area contributed by atoms with Crippen LogP contribution in [0.5, 0.6) is 11.5 Å². The van der Waals surface area contributed by atoms with E-state index in [0.717, 1.165) is 5.69 Å². The number of aromatic nitrogens is 2. The van der Waals surface area contributed by atoms with Crippen LogP contribution in [0.2, 0.25) is 0 Å². The highest BCUT2D eigenvalue weighted by Gasteiger charge is 2.14. The molecule has 22 heavy (non-hydrogen) atoms. The summed E-state index contributed by atoms with van der Waals surface area (Å²) in [6.45, 7) is 3.88. The maximum atomic E-state index is 12.2. The molecule has 0 unspecified atom stereocenters. The lowest BCUT2D eigenvalue weighted by atomic mass is 10.2. The Morgan fingerprint density at radius 1 is 1.32 bits per heavy atom. The summed E-state index contributed by atoms with van der Waals surface area (Å²) < 4.78 is 12.2. The summed E-state index contributed by atoms with van der Waals surface area (Å²) in [5.74, 6) is 1.15. The number of carbonyl (C=O) groups is 1. The van der Waals surface area contributed by atoms with Crippen molar-refractivity contribution in [3.05, 3.63) is 36.2 Å². The molecule has 2 aromatic rings. The minimum atomic E-state index is -0.0934. The first kappa shape index (κ1) is 15.9. The van der Waals surface area contributed by atoms with Crippen molar-refractivity contribution in [1.29, 1.82) is 0 Å². The molecule has 0 spiro atoms. The van der Waals surface area contributed by atoms with E-state index < -0.39 is 0 Å². The van der Waals surface area contributed by atoms with Gasteiger partial charge >= 0.3 is 0 Å². The quantitative estimate of drug-likeness (QED) is 0.891. The van der Waals surface area contributed by atoms with Gasteiger partial charge in [-0.05, 0) is 32.0 Å². The van der Waals surface area contributed by atoms with Gasteiger partial charge < -0.3 is 14.8 Å². The van der Waals surface area contributed by atoms with Gasteiger partial charge in [0.25, 0.3) is 0 Å². The molecule has 1 atom stereocenters. The second-order valence-electron chi connectivity index (χ2n) is 5.10. The number of benzene rings is 1. The molecule has 118 valence electrons. The van der Waals surface area contributed by atoms with Crippen LogP contribution in [0.1, 0.15) is 25.1 Å². The first-order valence-electron chi connectivity index (χ1n) is 7.07. The minimum Gasteiger partial charge on any atom is -0.497 e. The molecule has 0 radical (unpaired) electrons. The predicted molar refractivity (Wildman–Crippen MR) is 84.5 cm³/mol. The number of rotatable bonds is 6. The van der Waals surface area contributed by atoms with E-state index in [-0.39, 0.29) is 11.9 Å². The largest absolute Gasteiger partial charge is 0.497 e. The summed E-state index contributed by atoms with van der Waals surface area (Å²) in [5, 5.41) is 7.18. The van der Waals surface area contributed by atoms with Gasteiger partial charge in [-0.3, -0.25) is 9.48 Å². The first-order chi connectivity index (χ1) is 10.5. The molecule has 0 saturated heterocycles. The summed E-state index contributed by atoms with van der Waals surface area (Å²) in [4.78, 5) is 12.2. The molecule has 0 bridgehead atoms. The number of aryl methyl sites for hydroxylation is 1. The first-order valence-corrected chi connectivity index (χ1v) is 7.07. The van der Waals surface area contributed by atoms with Crippen molar-refractivity contribution >= 4 is 11.6 Å². The van der Waals surface area contributed by atoms with Crippen LogP contribution in [0.25, 0.3) is 0 Å². The van der Waals surface area contributed by atoms with Crippen LogP contribution in [-0.4, -0.2) is 29.9 Å². The maximum Gasteiger partial charge on any atom is 0.226 e. The molecule has 1 aromatic heterocycles. The Morgan fingerprint density at radius 2 is 2.09 bits per heavy atom. The van der Waals surface area contributed by atoms with E-state index in [2.05, 4.69) is 10.4 Å². The molecule has 1 N–H and O–H groups in total. The number of ether oxygens (including phenoxy) is 2. The van der Waals surface area contributed by atoms with E-state index >= 15 is 0 Å². The number of amides is 1. The van der Waals surface area contributed by atoms with Crippen LogP contribution in [0, 0.1) is 6.92 Å². The number of carbonyl (C=O) groups excluding carboxylic acids is 1. The van der Waals surface area contributed by atoms with Crippen molar-refractivity contribution < 1.29 is 14.3 Å². The molecule has 6 nitrogen and oxygen atoms in total. The number of nitrogens with zero attached hydrogens (tertiary/aromatic N) is 2. The van der Waals surface area contributed by atoms with Crippen molar-refractivity contribution in [2.24, 2.45) is 0 Å². The Labute approximate surface area is 130 Å². The standard InChI is InChI=1S/C16H21N3O3/c1-11-7-8-19(18-11)12(2)9-16(20)17-14-6-5-13(21-3)10-15(14)22-4/h5-8,10,12H,9H2,1-4H3,(H,17,20)/t12-/m1/s1. The molecule has 1 aromatic carbocycles. The monoisotopic (exact) mass is 303 g/mol. The Morgan fingerprint density at radius 3 is 2.68 bits per heavy atom. The van der Waals surface area contributed by atoms with Crippen LogP contribution < -0.4 is 14.8 Å². The molecule has 0 aliphatic carbocycles. The zero-order valence-corrected chi connectivity index (χ0v) is 13.3. The van der Waals surface area contributed by atoms with Crippen molar-refractivity contribution in [2.45, 2.75) is 26.3 Å². The molecule has 0 aliphatic heterocycles. The Balaban J connectivity index is 2.02. The number of anilines is 1. The molecule has 2 rings (SSSR count). The fourth-order valence-electron chi connectivity index (χ4n) is 2.14. The van der Waals surface area contributed by atoms with Gasteiger partial charge in [0.05, 0.1) is 31.6 Å². The lowest BCUT2D eigenvalue weighted by Crippen LogP contribution is -2.18. The fourth-order valence-corrected chi connectivity index (χ4v) is 2.14. The Hall–Kier alpha value is -2.50. The highest BCUT2D eigenvalue weighted by atomic mass is 16.5. The van der Waals surface area contributed by atoms with Gasteiger partial charge in [-0.1, -0.05) is 0 Å². The second kappa shape index (κ2) is 6.98. The summed E-state index contributed by atoms with van der Waals surface area (Å²) >= 11 is 0. The summed E-state index contributed by atoms with van der Waals surface area (Å²) in [7, 11) is 3.14. The third-order valence-corrected chi connectivity index (χ3v) is 3.36. The molecule has 6 heteroatoms. The predicted octanol–water partition coefficient (Wildman–Crippen LogP) is 2.80. The van der Waals surface area contributed by atoms with E-state index in [0.29, 0.717) is 23.6 Å². The molecule has 1 heterocycles. The van der Waals surface area contributed by atoms with E-state index in [1.54, 1.807) is 37.1 Å². The summed E-state index contributed by atoms with van der Waals surface area (Å²) in [6.07, 6.45) is 2.21. The van der Waals surface area contributed by atoms with Gasteiger partial charge in [0.15, 0.2) is 0 Å².